The minimum atomic E-state index is -0.514. The summed E-state index contributed by atoms with van der Waals surface area (Å²) in [5.74, 6) is -0.341. The van der Waals surface area contributed by atoms with Crippen molar-refractivity contribution in [1.29, 1.82) is 0 Å². The third kappa shape index (κ3) is 6.21. The zero-order chi connectivity index (χ0) is 22.4. The van der Waals surface area contributed by atoms with Gasteiger partial charge < -0.3 is 15.4 Å². The van der Waals surface area contributed by atoms with Gasteiger partial charge in [0.2, 0.25) is 5.91 Å². The largest absolute Gasteiger partial charge is 0.463 e. The third-order valence-electron chi connectivity index (χ3n) is 4.52. The molecule has 0 aliphatic carbocycles. The van der Waals surface area contributed by atoms with Crippen molar-refractivity contribution in [1.82, 2.24) is 5.32 Å². The number of rotatable bonds is 6. The number of carbonyl (C=O) groups excluding carboxylic acids is 2. The van der Waals surface area contributed by atoms with Crippen LogP contribution in [0.4, 0.5) is 5.69 Å². The smallest absolute Gasteiger partial charge is 0.338 e. The van der Waals surface area contributed by atoms with Crippen molar-refractivity contribution >= 4 is 50.4 Å². The first-order chi connectivity index (χ1) is 14.9. The van der Waals surface area contributed by atoms with Gasteiger partial charge in [-0.05, 0) is 56.2 Å². The number of allylic oxidation sites excluding steroid dienone is 1. The fraction of sp³-hybridized carbons (Fsp3) is 0.261. The van der Waals surface area contributed by atoms with E-state index in [1.165, 1.54) is 11.8 Å². The summed E-state index contributed by atoms with van der Waals surface area (Å²) < 4.78 is 6.15. The van der Waals surface area contributed by atoms with Crippen LogP contribution in [0.15, 0.2) is 69.3 Å². The Morgan fingerprint density at radius 2 is 1.97 bits per heavy atom. The number of ether oxygens (including phenoxy) is 1. The fourth-order valence-corrected chi connectivity index (χ4v) is 4.33. The number of hydrogen-bond acceptors (Lipinski definition) is 6. The molecule has 0 saturated heterocycles. The number of aryl methyl sites for hydroxylation is 1. The van der Waals surface area contributed by atoms with Crippen LogP contribution in [-0.4, -0.2) is 29.4 Å². The van der Waals surface area contributed by atoms with Crippen LogP contribution in [0.3, 0.4) is 0 Å². The summed E-state index contributed by atoms with van der Waals surface area (Å²) in [5.41, 5.74) is 3.83. The Bertz CT molecular complexity index is 1050. The van der Waals surface area contributed by atoms with E-state index in [2.05, 4.69) is 26.6 Å². The van der Waals surface area contributed by atoms with E-state index >= 15 is 0 Å². The molecule has 2 aromatic carbocycles. The highest BCUT2D eigenvalue weighted by molar-refractivity contribution is 9.10. The molecule has 0 bridgehead atoms. The summed E-state index contributed by atoms with van der Waals surface area (Å²) in [6, 6.07) is 14.8. The predicted molar refractivity (Wildman–Crippen MR) is 129 cm³/mol. The lowest BCUT2D eigenvalue weighted by Gasteiger charge is -2.25. The van der Waals surface area contributed by atoms with Gasteiger partial charge in [0.05, 0.1) is 17.9 Å². The molecule has 31 heavy (non-hydrogen) atoms. The Morgan fingerprint density at radius 1 is 1.19 bits per heavy atom. The molecule has 1 atom stereocenters. The van der Waals surface area contributed by atoms with Crippen LogP contribution in [0.5, 0.6) is 0 Å². The van der Waals surface area contributed by atoms with Gasteiger partial charge in [-0.15, -0.1) is 0 Å². The lowest BCUT2D eigenvalue weighted by atomic mass is 9.97. The van der Waals surface area contributed by atoms with E-state index in [9.17, 15) is 9.59 Å². The average Bonchev–Trinajstić information content (AvgIpc) is 2.72. The number of hydrogen-bond donors (Lipinski definition) is 2. The van der Waals surface area contributed by atoms with Gasteiger partial charge in [-0.25, -0.2) is 9.79 Å². The molecule has 1 aliphatic rings. The first-order valence-electron chi connectivity index (χ1n) is 9.85. The van der Waals surface area contributed by atoms with Crippen LogP contribution in [0.25, 0.3) is 0 Å². The Labute approximate surface area is 194 Å². The standard InChI is InChI=1S/C23H24BrN3O3S/c1-4-30-22(29)20-15(3)25-23(27-21(20)16-8-6-9-17(24)12-16)31-13-19(28)26-18-10-5-7-14(2)11-18/h5-12,21H,4,13H2,1-3H3,(H,25,27)(H,26,28)/t21-/m1/s1. The molecule has 6 nitrogen and oxygen atoms in total. The van der Waals surface area contributed by atoms with E-state index in [1.54, 1.807) is 6.92 Å². The number of benzene rings is 2. The first-order valence-corrected chi connectivity index (χ1v) is 11.6. The highest BCUT2D eigenvalue weighted by Crippen LogP contribution is 2.34. The maximum absolute atomic E-state index is 12.6. The zero-order valence-corrected chi connectivity index (χ0v) is 20.0. The Hall–Kier alpha value is -2.58. The molecule has 8 heteroatoms. The molecule has 2 N–H and O–H groups in total. The van der Waals surface area contributed by atoms with Crippen LogP contribution >= 0.6 is 27.7 Å². The van der Waals surface area contributed by atoms with Crippen molar-refractivity contribution in [3.05, 3.63) is 75.4 Å². The first kappa shape index (κ1) is 23.1. The molecule has 2 aromatic rings. The van der Waals surface area contributed by atoms with Gasteiger partial charge in [-0.2, -0.15) is 0 Å². The van der Waals surface area contributed by atoms with Crippen molar-refractivity contribution in [3.8, 4) is 0 Å². The van der Waals surface area contributed by atoms with Crippen LogP contribution in [0.1, 0.15) is 31.0 Å². The molecule has 1 amide bonds. The fourth-order valence-electron chi connectivity index (χ4n) is 3.17. The van der Waals surface area contributed by atoms with Crippen molar-refractivity contribution in [2.75, 3.05) is 17.7 Å². The van der Waals surface area contributed by atoms with E-state index in [0.717, 1.165) is 21.3 Å². The zero-order valence-electron chi connectivity index (χ0n) is 17.6. The molecule has 0 spiro atoms. The highest BCUT2D eigenvalue weighted by Gasteiger charge is 2.30. The van der Waals surface area contributed by atoms with Crippen LogP contribution in [-0.2, 0) is 14.3 Å². The predicted octanol–water partition coefficient (Wildman–Crippen LogP) is 4.97. The van der Waals surface area contributed by atoms with Crippen molar-refractivity contribution < 1.29 is 14.3 Å². The second-order valence-corrected chi connectivity index (χ2v) is 8.86. The summed E-state index contributed by atoms with van der Waals surface area (Å²) in [4.78, 5) is 29.7. The molecule has 0 unspecified atom stereocenters. The van der Waals surface area contributed by atoms with Gasteiger partial charge in [0.25, 0.3) is 0 Å². The quantitative estimate of drug-likeness (QED) is 0.546. The summed E-state index contributed by atoms with van der Waals surface area (Å²) in [6.45, 7) is 5.85. The number of nitrogens with one attached hydrogen (secondary N) is 2. The maximum atomic E-state index is 12.6. The molecular formula is C23H24BrN3O3S. The van der Waals surface area contributed by atoms with Gasteiger partial charge in [0.1, 0.15) is 6.04 Å². The molecule has 0 radical (unpaired) electrons. The van der Waals surface area contributed by atoms with E-state index in [1.807, 2.05) is 62.4 Å². The van der Waals surface area contributed by atoms with E-state index in [0.29, 0.717) is 16.4 Å². The molecule has 3 rings (SSSR count). The summed E-state index contributed by atoms with van der Waals surface area (Å²) in [7, 11) is 0. The number of halogens is 1. The second-order valence-electron chi connectivity index (χ2n) is 6.98. The Balaban J connectivity index is 1.77. The van der Waals surface area contributed by atoms with Crippen LogP contribution in [0, 0.1) is 6.92 Å². The lowest BCUT2D eigenvalue weighted by molar-refractivity contribution is -0.139. The molecule has 1 aliphatic heterocycles. The number of aliphatic imine (C=N–C) groups is 1. The lowest BCUT2D eigenvalue weighted by Crippen LogP contribution is -2.31. The number of carbonyl (C=O) groups is 2. The number of amides is 1. The molecule has 0 saturated carbocycles. The SMILES string of the molecule is CCOC(=O)C1=C(C)NC(SCC(=O)Nc2cccc(C)c2)=N[C@@H]1c1cccc(Br)c1. The normalized spacial score (nSPS) is 15.7. The Kier molecular flexibility index (Phi) is 7.92. The minimum Gasteiger partial charge on any atom is -0.463 e. The van der Waals surface area contributed by atoms with Crippen LogP contribution in [0.2, 0.25) is 0 Å². The highest BCUT2D eigenvalue weighted by atomic mass is 79.9. The van der Waals surface area contributed by atoms with Gasteiger partial charge in [0.15, 0.2) is 5.17 Å². The molecule has 0 fully saturated rings. The van der Waals surface area contributed by atoms with Gasteiger partial charge in [-0.3, -0.25) is 4.79 Å². The number of nitrogens with zero attached hydrogens (tertiary/aromatic N) is 1. The molecule has 0 aromatic heterocycles. The third-order valence-corrected chi connectivity index (χ3v) is 5.90. The average molecular weight is 502 g/mol. The summed E-state index contributed by atoms with van der Waals surface area (Å²) >= 11 is 4.77. The van der Waals surface area contributed by atoms with E-state index < -0.39 is 12.0 Å². The van der Waals surface area contributed by atoms with Gasteiger partial charge >= 0.3 is 5.97 Å². The summed E-state index contributed by atoms with van der Waals surface area (Å²) in [5, 5.41) is 6.62. The maximum Gasteiger partial charge on any atom is 0.338 e. The van der Waals surface area contributed by atoms with Crippen molar-refractivity contribution in [2.24, 2.45) is 4.99 Å². The topological polar surface area (TPSA) is 79.8 Å². The minimum absolute atomic E-state index is 0.128. The number of anilines is 1. The van der Waals surface area contributed by atoms with E-state index in [4.69, 9.17) is 9.73 Å². The monoisotopic (exact) mass is 501 g/mol. The van der Waals surface area contributed by atoms with Gasteiger partial charge in [-0.1, -0.05) is 52.0 Å². The van der Waals surface area contributed by atoms with E-state index in [-0.39, 0.29) is 18.3 Å². The molecule has 1 heterocycles. The van der Waals surface area contributed by atoms with Crippen molar-refractivity contribution in [3.63, 3.8) is 0 Å². The van der Waals surface area contributed by atoms with Gasteiger partial charge in [0, 0.05) is 15.9 Å². The number of esters is 1. The second kappa shape index (κ2) is 10.6. The van der Waals surface area contributed by atoms with Crippen LogP contribution < -0.4 is 10.6 Å². The Morgan fingerprint density at radius 3 is 2.68 bits per heavy atom. The number of thioether (sulfide) groups is 1. The molecule has 162 valence electrons. The summed E-state index contributed by atoms with van der Waals surface area (Å²) in [6.07, 6.45) is 0. The van der Waals surface area contributed by atoms with Crippen molar-refractivity contribution in [2.45, 2.75) is 26.8 Å². The molecular weight excluding hydrogens is 478 g/mol. The number of amidine groups is 1.